The van der Waals surface area contributed by atoms with E-state index in [4.69, 9.17) is 16.7 Å². The van der Waals surface area contributed by atoms with Crippen LogP contribution in [0, 0.1) is 0 Å². The van der Waals surface area contributed by atoms with Crippen molar-refractivity contribution >= 4 is 23.3 Å². The Balaban J connectivity index is 2.39. The molecule has 1 aliphatic rings. The molecule has 15 heavy (non-hydrogen) atoms. The van der Waals surface area contributed by atoms with E-state index >= 15 is 0 Å². The van der Waals surface area contributed by atoms with Crippen molar-refractivity contribution in [1.29, 1.82) is 0 Å². The van der Waals surface area contributed by atoms with Gasteiger partial charge in [0.2, 0.25) is 0 Å². The summed E-state index contributed by atoms with van der Waals surface area (Å²) >= 11 is 6.09. The number of likely N-dealkylation sites (N-methyl/N-ethyl adjacent to an activating group) is 1. The molecule has 0 radical (unpaired) electrons. The lowest BCUT2D eigenvalue weighted by atomic mass is 9.98. The molecule has 80 valence electrons. The second-order valence-corrected chi connectivity index (χ2v) is 4.26. The van der Waals surface area contributed by atoms with Crippen LogP contribution in [0.3, 0.4) is 0 Å². The van der Waals surface area contributed by atoms with Crippen LogP contribution in [0.5, 0.6) is 0 Å². The number of carboxylic acid groups (broad SMARTS) is 1. The average molecular weight is 226 g/mol. The minimum absolute atomic E-state index is 0.0104. The van der Waals surface area contributed by atoms with Gasteiger partial charge in [0.05, 0.1) is 6.42 Å². The lowest BCUT2D eigenvalue weighted by Crippen LogP contribution is -2.16. The minimum Gasteiger partial charge on any atom is -0.481 e. The summed E-state index contributed by atoms with van der Waals surface area (Å²) in [7, 11) is 1.96. The molecule has 0 fully saturated rings. The molecule has 1 heterocycles. The highest BCUT2D eigenvalue weighted by molar-refractivity contribution is 6.32. The maximum atomic E-state index is 10.7. The Morgan fingerprint density at radius 3 is 3.07 bits per heavy atom. The summed E-state index contributed by atoms with van der Waals surface area (Å²) in [4.78, 5) is 12.8. The standard InChI is InChI=1S/C11H12ClNO2/c1-13-6-7(5-10(14)15)11-8(12)3-2-4-9(11)13/h2-4,7H,5-6H2,1H3,(H,14,15). The Labute approximate surface area is 93.3 Å². The number of fused-ring (bicyclic) bond motifs is 1. The van der Waals surface area contributed by atoms with Crippen LogP contribution < -0.4 is 4.90 Å². The third-order valence-corrected chi connectivity index (χ3v) is 3.09. The van der Waals surface area contributed by atoms with Gasteiger partial charge in [0.15, 0.2) is 0 Å². The minimum atomic E-state index is -0.777. The van der Waals surface area contributed by atoms with Gasteiger partial charge in [-0.15, -0.1) is 0 Å². The van der Waals surface area contributed by atoms with Crippen molar-refractivity contribution in [2.45, 2.75) is 12.3 Å². The van der Waals surface area contributed by atoms with E-state index in [2.05, 4.69) is 4.90 Å². The van der Waals surface area contributed by atoms with Crippen LogP contribution in [0.25, 0.3) is 0 Å². The van der Waals surface area contributed by atoms with E-state index in [1.807, 2.05) is 25.2 Å². The van der Waals surface area contributed by atoms with Gasteiger partial charge >= 0.3 is 5.97 Å². The largest absolute Gasteiger partial charge is 0.481 e. The highest BCUT2D eigenvalue weighted by Crippen LogP contribution is 2.41. The van der Waals surface area contributed by atoms with Gasteiger partial charge in [-0.05, 0) is 17.7 Å². The van der Waals surface area contributed by atoms with Gasteiger partial charge in [-0.3, -0.25) is 4.79 Å². The van der Waals surface area contributed by atoms with Crippen molar-refractivity contribution in [3.8, 4) is 0 Å². The van der Waals surface area contributed by atoms with Crippen molar-refractivity contribution in [3.63, 3.8) is 0 Å². The number of rotatable bonds is 2. The Morgan fingerprint density at radius 1 is 1.67 bits per heavy atom. The molecule has 1 atom stereocenters. The quantitative estimate of drug-likeness (QED) is 0.840. The topological polar surface area (TPSA) is 40.5 Å². The molecule has 1 N–H and O–H groups in total. The fraction of sp³-hybridized carbons (Fsp3) is 0.364. The number of nitrogens with zero attached hydrogens (tertiary/aromatic N) is 1. The molecule has 0 bridgehead atoms. The maximum absolute atomic E-state index is 10.7. The summed E-state index contributed by atoms with van der Waals surface area (Å²) in [5, 5.41) is 9.48. The number of carbonyl (C=O) groups is 1. The SMILES string of the molecule is CN1CC(CC(=O)O)c2c(Cl)cccc21. The van der Waals surface area contributed by atoms with E-state index in [1.165, 1.54) is 0 Å². The van der Waals surface area contributed by atoms with Gasteiger partial charge in [0, 0.05) is 30.2 Å². The summed E-state index contributed by atoms with van der Waals surface area (Å²) in [5.41, 5.74) is 2.03. The fourth-order valence-electron chi connectivity index (χ4n) is 2.16. The summed E-state index contributed by atoms with van der Waals surface area (Å²) < 4.78 is 0. The van der Waals surface area contributed by atoms with E-state index in [-0.39, 0.29) is 12.3 Å². The van der Waals surface area contributed by atoms with Crippen LogP contribution >= 0.6 is 11.6 Å². The predicted molar refractivity (Wildman–Crippen MR) is 59.7 cm³/mol. The van der Waals surface area contributed by atoms with Gasteiger partial charge in [-0.25, -0.2) is 0 Å². The highest BCUT2D eigenvalue weighted by Gasteiger charge is 2.29. The lowest BCUT2D eigenvalue weighted by Gasteiger charge is -2.11. The van der Waals surface area contributed by atoms with Crippen LogP contribution in [0.4, 0.5) is 5.69 Å². The van der Waals surface area contributed by atoms with E-state index in [9.17, 15) is 4.79 Å². The zero-order chi connectivity index (χ0) is 11.0. The normalized spacial score (nSPS) is 19.1. The van der Waals surface area contributed by atoms with Crippen molar-refractivity contribution < 1.29 is 9.90 Å². The third kappa shape index (κ3) is 1.79. The summed E-state index contributed by atoms with van der Waals surface area (Å²) in [6.07, 6.45) is 0.140. The van der Waals surface area contributed by atoms with E-state index in [0.717, 1.165) is 17.8 Å². The molecule has 0 spiro atoms. The van der Waals surface area contributed by atoms with Crippen LogP contribution in [-0.2, 0) is 4.79 Å². The summed E-state index contributed by atoms with van der Waals surface area (Å²) in [5.74, 6) is -0.766. The Hall–Kier alpha value is -1.22. The molecular weight excluding hydrogens is 214 g/mol. The number of carboxylic acids is 1. The number of aliphatic carboxylic acids is 1. The van der Waals surface area contributed by atoms with E-state index in [1.54, 1.807) is 0 Å². The first-order valence-electron chi connectivity index (χ1n) is 4.81. The second-order valence-electron chi connectivity index (χ2n) is 3.85. The number of hydrogen-bond acceptors (Lipinski definition) is 2. The first-order chi connectivity index (χ1) is 7.09. The Morgan fingerprint density at radius 2 is 2.40 bits per heavy atom. The molecule has 1 aromatic carbocycles. The van der Waals surface area contributed by atoms with Crippen molar-refractivity contribution in [3.05, 3.63) is 28.8 Å². The van der Waals surface area contributed by atoms with Crippen LogP contribution in [0.1, 0.15) is 17.9 Å². The first kappa shape index (κ1) is 10.3. The van der Waals surface area contributed by atoms with Gasteiger partial charge < -0.3 is 10.0 Å². The molecule has 0 saturated carbocycles. The zero-order valence-corrected chi connectivity index (χ0v) is 9.16. The average Bonchev–Trinajstić information content (AvgIpc) is 2.44. The van der Waals surface area contributed by atoms with Crippen LogP contribution in [0.2, 0.25) is 5.02 Å². The van der Waals surface area contributed by atoms with Crippen molar-refractivity contribution in [2.75, 3.05) is 18.5 Å². The smallest absolute Gasteiger partial charge is 0.304 e. The molecule has 4 heteroatoms. The molecule has 3 nitrogen and oxygen atoms in total. The Kier molecular flexibility index (Phi) is 2.57. The van der Waals surface area contributed by atoms with E-state index in [0.29, 0.717) is 5.02 Å². The molecular formula is C11H12ClNO2. The number of halogens is 1. The van der Waals surface area contributed by atoms with Gasteiger partial charge in [0.1, 0.15) is 0 Å². The summed E-state index contributed by atoms with van der Waals surface area (Å²) in [6, 6.07) is 5.68. The number of benzene rings is 1. The number of hydrogen-bond donors (Lipinski definition) is 1. The summed E-state index contributed by atoms with van der Waals surface area (Å²) in [6.45, 7) is 0.728. The third-order valence-electron chi connectivity index (χ3n) is 2.76. The van der Waals surface area contributed by atoms with Gasteiger partial charge in [-0.2, -0.15) is 0 Å². The number of anilines is 1. The fourth-order valence-corrected chi connectivity index (χ4v) is 2.48. The molecule has 1 unspecified atom stereocenters. The molecule has 0 aliphatic carbocycles. The van der Waals surface area contributed by atoms with Crippen LogP contribution in [0.15, 0.2) is 18.2 Å². The Bertz CT molecular complexity index is 406. The van der Waals surface area contributed by atoms with Gasteiger partial charge in [0.25, 0.3) is 0 Å². The molecule has 0 saturated heterocycles. The lowest BCUT2D eigenvalue weighted by molar-refractivity contribution is -0.137. The zero-order valence-electron chi connectivity index (χ0n) is 8.40. The predicted octanol–water partition coefficient (Wildman–Crippen LogP) is 2.35. The van der Waals surface area contributed by atoms with Crippen molar-refractivity contribution in [2.24, 2.45) is 0 Å². The maximum Gasteiger partial charge on any atom is 0.304 e. The molecule has 2 rings (SSSR count). The second kappa shape index (κ2) is 3.74. The van der Waals surface area contributed by atoms with Crippen molar-refractivity contribution in [1.82, 2.24) is 0 Å². The van der Waals surface area contributed by atoms with E-state index < -0.39 is 5.97 Å². The first-order valence-corrected chi connectivity index (χ1v) is 5.18. The molecule has 1 aliphatic heterocycles. The molecule has 1 aromatic rings. The monoisotopic (exact) mass is 225 g/mol. The molecule has 0 amide bonds. The van der Waals surface area contributed by atoms with Crippen LogP contribution in [-0.4, -0.2) is 24.7 Å². The van der Waals surface area contributed by atoms with Gasteiger partial charge in [-0.1, -0.05) is 17.7 Å². The highest BCUT2D eigenvalue weighted by atomic mass is 35.5. The molecule has 0 aromatic heterocycles.